The second kappa shape index (κ2) is 6.78. The largest absolute Gasteiger partial charge is 0.337 e. The number of carbonyl (C=O) groups excluding carboxylic acids is 1. The summed E-state index contributed by atoms with van der Waals surface area (Å²) in [7, 11) is 0. The van der Waals surface area contributed by atoms with Gasteiger partial charge >= 0.3 is 0 Å². The first-order valence-corrected chi connectivity index (χ1v) is 9.68. The average Bonchev–Trinajstić information content (AvgIpc) is 3.28. The van der Waals surface area contributed by atoms with Crippen LogP contribution in [0.1, 0.15) is 27.9 Å². The molecular formula is C21H23N5O. The van der Waals surface area contributed by atoms with Crippen molar-refractivity contribution in [1.82, 2.24) is 24.4 Å². The highest BCUT2D eigenvalue weighted by Gasteiger charge is 2.29. The van der Waals surface area contributed by atoms with Gasteiger partial charge < -0.3 is 4.90 Å². The molecule has 0 bridgehead atoms. The number of hydrogen-bond acceptors (Lipinski definition) is 4. The van der Waals surface area contributed by atoms with Gasteiger partial charge in [0, 0.05) is 38.4 Å². The Kier molecular flexibility index (Phi) is 4.13. The van der Waals surface area contributed by atoms with Crippen molar-refractivity contribution >= 4 is 11.6 Å². The molecule has 6 nitrogen and oxygen atoms in total. The van der Waals surface area contributed by atoms with Crippen molar-refractivity contribution in [3.8, 4) is 0 Å². The molecule has 3 aromatic rings. The van der Waals surface area contributed by atoms with Gasteiger partial charge in [0.15, 0.2) is 5.65 Å². The molecule has 1 amide bonds. The molecular weight excluding hydrogens is 338 g/mol. The zero-order valence-corrected chi connectivity index (χ0v) is 15.3. The van der Waals surface area contributed by atoms with Crippen molar-refractivity contribution in [2.45, 2.75) is 25.3 Å². The van der Waals surface area contributed by atoms with Crippen LogP contribution in [0.25, 0.3) is 5.65 Å². The van der Waals surface area contributed by atoms with Crippen molar-refractivity contribution in [3.63, 3.8) is 0 Å². The first-order valence-electron chi connectivity index (χ1n) is 9.68. The Hall–Kier alpha value is -2.73. The SMILES string of the molecule is O=C(c1cccn2cnnc12)N1CCCN(C2Cc3ccccc3C2)CC1. The Bertz CT molecular complexity index is 956. The molecule has 27 heavy (non-hydrogen) atoms. The molecule has 1 aliphatic carbocycles. The van der Waals surface area contributed by atoms with E-state index in [1.807, 2.05) is 23.2 Å². The van der Waals surface area contributed by atoms with Crippen LogP contribution in [-0.2, 0) is 12.8 Å². The first-order chi connectivity index (χ1) is 13.3. The average molecular weight is 361 g/mol. The smallest absolute Gasteiger partial charge is 0.257 e. The summed E-state index contributed by atoms with van der Waals surface area (Å²) in [6.45, 7) is 3.54. The fraction of sp³-hybridized carbons (Fsp3) is 0.381. The molecule has 0 atom stereocenters. The van der Waals surface area contributed by atoms with Crippen LogP contribution in [0.15, 0.2) is 48.9 Å². The van der Waals surface area contributed by atoms with E-state index in [1.165, 1.54) is 11.1 Å². The van der Waals surface area contributed by atoms with Crippen molar-refractivity contribution in [1.29, 1.82) is 0 Å². The Balaban J connectivity index is 1.29. The molecule has 0 saturated carbocycles. The van der Waals surface area contributed by atoms with Gasteiger partial charge in [0.2, 0.25) is 0 Å². The van der Waals surface area contributed by atoms with E-state index in [2.05, 4.69) is 39.4 Å². The van der Waals surface area contributed by atoms with Crippen LogP contribution in [-0.4, -0.2) is 62.5 Å². The number of aromatic nitrogens is 3. The summed E-state index contributed by atoms with van der Waals surface area (Å²) in [5, 5.41) is 8.04. The van der Waals surface area contributed by atoms with Gasteiger partial charge in [-0.2, -0.15) is 0 Å². The minimum atomic E-state index is 0.0603. The van der Waals surface area contributed by atoms with Crippen LogP contribution in [0.5, 0.6) is 0 Å². The number of fused-ring (bicyclic) bond motifs is 2. The normalized spacial score (nSPS) is 18.6. The van der Waals surface area contributed by atoms with E-state index in [4.69, 9.17) is 0 Å². The van der Waals surface area contributed by atoms with Crippen LogP contribution < -0.4 is 0 Å². The molecule has 138 valence electrons. The van der Waals surface area contributed by atoms with Crippen LogP contribution in [0.2, 0.25) is 0 Å². The Morgan fingerprint density at radius 1 is 0.963 bits per heavy atom. The molecule has 0 unspecified atom stereocenters. The Labute approximate surface area is 158 Å². The van der Waals surface area contributed by atoms with Crippen molar-refractivity contribution in [3.05, 3.63) is 65.6 Å². The van der Waals surface area contributed by atoms with E-state index >= 15 is 0 Å². The molecule has 6 heteroatoms. The van der Waals surface area contributed by atoms with Crippen molar-refractivity contribution in [2.24, 2.45) is 0 Å². The molecule has 0 spiro atoms. The second-order valence-electron chi connectivity index (χ2n) is 7.50. The van der Waals surface area contributed by atoms with E-state index in [9.17, 15) is 4.79 Å². The number of amides is 1. The first kappa shape index (κ1) is 16.4. The fourth-order valence-corrected chi connectivity index (χ4v) is 4.49. The molecule has 1 aliphatic heterocycles. The van der Waals surface area contributed by atoms with Crippen LogP contribution in [0.4, 0.5) is 0 Å². The van der Waals surface area contributed by atoms with Crippen molar-refractivity contribution < 1.29 is 4.79 Å². The minimum Gasteiger partial charge on any atom is -0.337 e. The van der Waals surface area contributed by atoms with E-state index in [0.717, 1.165) is 45.4 Å². The summed E-state index contributed by atoms with van der Waals surface area (Å²) in [4.78, 5) is 17.6. The fourth-order valence-electron chi connectivity index (χ4n) is 4.49. The molecule has 0 radical (unpaired) electrons. The van der Waals surface area contributed by atoms with Gasteiger partial charge in [-0.05, 0) is 42.5 Å². The van der Waals surface area contributed by atoms with E-state index in [0.29, 0.717) is 17.3 Å². The number of rotatable bonds is 2. The number of nitrogens with zero attached hydrogens (tertiary/aromatic N) is 5. The molecule has 2 aromatic heterocycles. The van der Waals surface area contributed by atoms with Gasteiger partial charge in [0.1, 0.15) is 6.33 Å². The van der Waals surface area contributed by atoms with Crippen LogP contribution in [0.3, 0.4) is 0 Å². The standard InChI is InChI=1S/C21H23N5O/c27-21(19-7-3-8-26-15-22-23-20(19)26)25-10-4-9-24(11-12-25)18-13-16-5-1-2-6-17(16)14-18/h1-3,5-8,15,18H,4,9-14H2. The van der Waals surface area contributed by atoms with Gasteiger partial charge in [0.25, 0.3) is 5.91 Å². The third kappa shape index (κ3) is 3.00. The molecule has 2 aliphatic rings. The maximum absolute atomic E-state index is 13.1. The zero-order chi connectivity index (χ0) is 18.2. The third-order valence-corrected chi connectivity index (χ3v) is 5.92. The summed E-state index contributed by atoms with van der Waals surface area (Å²) in [5.41, 5.74) is 4.24. The lowest BCUT2D eigenvalue weighted by atomic mass is 10.1. The maximum atomic E-state index is 13.1. The summed E-state index contributed by atoms with van der Waals surface area (Å²) >= 11 is 0. The Morgan fingerprint density at radius 3 is 2.59 bits per heavy atom. The number of hydrogen-bond donors (Lipinski definition) is 0. The number of benzene rings is 1. The van der Waals surface area contributed by atoms with Gasteiger partial charge in [-0.25, -0.2) is 0 Å². The molecule has 1 aromatic carbocycles. The van der Waals surface area contributed by atoms with E-state index in [-0.39, 0.29) is 5.91 Å². The highest BCUT2D eigenvalue weighted by Crippen LogP contribution is 2.26. The number of carbonyl (C=O) groups is 1. The lowest BCUT2D eigenvalue weighted by Gasteiger charge is -2.27. The predicted molar refractivity (Wildman–Crippen MR) is 103 cm³/mol. The summed E-state index contributed by atoms with van der Waals surface area (Å²) in [5.74, 6) is 0.0603. The van der Waals surface area contributed by atoms with Crippen LogP contribution >= 0.6 is 0 Å². The zero-order valence-electron chi connectivity index (χ0n) is 15.3. The summed E-state index contributed by atoms with van der Waals surface area (Å²) in [6, 6.07) is 13.1. The molecule has 0 N–H and O–H groups in total. The number of pyridine rings is 1. The quantitative estimate of drug-likeness (QED) is 0.701. The summed E-state index contributed by atoms with van der Waals surface area (Å²) in [6.07, 6.45) is 6.77. The second-order valence-corrected chi connectivity index (χ2v) is 7.50. The lowest BCUT2D eigenvalue weighted by Crippen LogP contribution is -2.40. The van der Waals surface area contributed by atoms with Gasteiger partial charge in [0.05, 0.1) is 5.56 Å². The Morgan fingerprint density at radius 2 is 1.78 bits per heavy atom. The van der Waals surface area contributed by atoms with Gasteiger partial charge in [-0.15, -0.1) is 10.2 Å². The minimum absolute atomic E-state index is 0.0603. The molecule has 1 fully saturated rings. The monoisotopic (exact) mass is 361 g/mol. The third-order valence-electron chi connectivity index (χ3n) is 5.92. The van der Waals surface area contributed by atoms with Crippen molar-refractivity contribution in [2.75, 3.05) is 26.2 Å². The molecule has 1 saturated heterocycles. The molecule has 3 heterocycles. The maximum Gasteiger partial charge on any atom is 0.257 e. The summed E-state index contributed by atoms with van der Waals surface area (Å²) < 4.78 is 1.80. The lowest BCUT2D eigenvalue weighted by molar-refractivity contribution is 0.0759. The highest BCUT2D eigenvalue weighted by atomic mass is 16.2. The van der Waals surface area contributed by atoms with E-state index < -0.39 is 0 Å². The highest BCUT2D eigenvalue weighted by molar-refractivity contribution is 5.99. The topological polar surface area (TPSA) is 53.7 Å². The van der Waals surface area contributed by atoms with E-state index in [1.54, 1.807) is 10.7 Å². The van der Waals surface area contributed by atoms with Gasteiger partial charge in [-0.3, -0.25) is 14.1 Å². The molecule has 5 rings (SSSR count). The predicted octanol–water partition coefficient (Wildman–Crippen LogP) is 2.04. The van der Waals surface area contributed by atoms with Crippen LogP contribution in [0, 0.1) is 0 Å². The van der Waals surface area contributed by atoms with Gasteiger partial charge in [-0.1, -0.05) is 24.3 Å².